The molecule has 0 aromatic rings. The van der Waals surface area contributed by atoms with Crippen LogP contribution in [-0.2, 0) is 0 Å². The van der Waals surface area contributed by atoms with Crippen LogP contribution in [0, 0.1) is 11.8 Å². The molecule has 0 spiro atoms. The van der Waals surface area contributed by atoms with E-state index in [-0.39, 0.29) is 5.54 Å². The molecule has 1 heteroatoms. The summed E-state index contributed by atoms with van der Waals surface area (Å²) in [7, 11) is 2.00. The molecule has 0 aliphatic carbocycles. The summed E-state index contributed by atoms with van der Waals surface area (Å²) in [6.07, 6.45) is 4.49. The van der Waals surface area contributed by atoms with Crippen molar-refractivity contribution in [3.63, 3.8) is 0 Å². The summed E-state index contributed by atoms with van der Waals surface area (Å²) in [4.78, 5) is 0. The third kappa shape index (κ3) is 5.09. The predicted molar refractivity (Wildman–Crippen MR) is 60.9 cm³/mol. The lowest BCUT2D eigenvalue weighted by Gasteiger charge is -2.29. The highest BCUT2D eigenvalue weighted by Crippen LogP contribution is 2.22. The van der Waals surface area contributed by atoms with E-state index in [9.17, 15) is 0 Å². The average Bonchev–Trinajstić information content (AvgIpc) is 2.02. The van der Waals surface area contributed by atoms with Gasteiger partial charge in [0.1, 0.15) is 0 Å². The molecule has 0 aromatic heterocycles. The molecule has 2 unspecified atom stereocenters. The van der Waals surface area contributed by atoms with Gasteiger partial charge in [0.05, 0.1) is 0 Å². The van der Waals surface area contributed by atoms with E-state index in [0.717, 1.165) is 11.8 Å². The Bertz CT molecular complexity index is 151. The van der Waals surface area contributed by atoms with Gasteiger partial charge in [0.2, 0.25) is 0 Å². The van der Waals surface area contributed by atoms with E-state index >= 15 is 0 Å². The summed E-state index contributed by atoms with van der Waals surface area (Å²) in [6, 6.07) is 0. The Morgan fingerprint density at radius 2 is 1.92 bits per heavy atom. The zero-order valence-corrected chi connectivity index (χ0v) is 9.85. The van der Waals surface area contributed by atoms with E-state index < -0.39 is 0 Å². The molecule has 0 bridgehead atoms. The first-order valence-electron chi connectivity index (χ1n) is 5.26. The monoisotopic (exact) mass is 183 g/mol. The van der Waals surface area contributed by atoms with Crippen molar-refractivity contribution in [1.82, 2.24) is 5.32 Å². The Kier molecular flexibility index (Phi) is 5.31. The summed E-state index contributed by atoms with van der Waals surface area (Å²) in [5.74, 6) is 1.55. The Balaban J connectivity index is 4.01. The molecule has 2 atom stereocenters. The van der Waals surface area contributed by atoms with Gasteiger partial charge in [0, 0.05) is 5.54 Å². The maximum Gasteiger partial charge on any atom is 0.0332 e. The van der Waals surface area contributed by atoms with Crippen molar-refractivity contribution in [3.05, 3.63) is 12.7 Å². The van der Waals surface area contributed by atoms with Crippen LogP contribution in [0.3, 0.4) is 0 Å². The van der Waals surface area contributed by atoms with E-state index in [1.807, 2.05) is 13.1 Å². The van der Waals surface area contributed by atoms with Gasteiger partial charge in [-0.1, -0.05) is 26.8 Å². The van der Waals surface area contributed by atoms with Gasteiger partial charge in [-0.05, 0) is 38.6 Å². The third-order valence-corrected chi connectivity index (χ3v) is 2.67. The largest absolute Gasteiger partial charge is 0.311 e. The number of nitrogens with one attached hydrogen (secondary N) is 1. The van der Waals surface area contributed by atoms with E-state index in [1.165, 1.54) is 12.8 Å². The fraction of sp³-hybridized carbons (Fsp3) is 0.833. The van der Waals surface area contributed by atoms with Gasteiger partial charge < -0.3 is 5.32 Å². The zero-order valence-electron chi connectivity index (χ0n) is 9.85. The average molecular weight is 183 g/mol. The molecule has 0 heterocycles. The van der Waals surface area contributed by atoms with E-state index in [4.69, 9.17) is 0 Å². The first-order chi connectivity index (χ1) is 5.93. The smallest absolute Gasteiger partial charge is 0.0332 e. The van der Waals surface area contributed by atoms with Crippen molar-refractivity contribution >= 4 is 0 Å². The Morgan fingerprint density at radius 3 is 2.23 bits per heavy atom. The quantitative estimate of drug-likeness (QED) is 0.623. The summed E-state index contributed by atoms with van der Waals surface area (Å²) < 4.78 is 0. The molecule has 0 aliphatic heterocycles. The first kappa shape index (κ1) is 12.7. The highest BCUT2D eigenvalue weighted by atomic mass is 14.9. The van der Waals surface area contributed by atoms with Crippen molar-refractivity contribution in [2.45, 2.75) is 46.1 Å². The van der Waals surface area contributed by atoms with Crippen LogP contribution in [0.25, 0.3) is 0 Å². The summed E-state index contributed by atoms with van der Waals surface area (Å²) in [6.45, 7) is 13.0. The SMILES string of the molecule is C=CC(C)(CC(C)CC(C)C)NC. The van der Waals surface area contributed by atoms with Crippen molar-refractivity contribution in [1.29, 1.82) is 0 Å². The summed E-state index contributed by atoms with van der Waals surface area (Å²) >= 11 is 0. The lowest BCUT2D eigenvalue weighted by atomic mass is 9.85. The lowest BCUT2D eigenvalue weighted by Crippen LogP contribution is -2.39. The van der Waals surface area contributed by atoms with Crippen LogP contribution in [0.5, 0.6) is 0 Å². The summed E-state index contributed by atoms with van der Waals surface area (Å²) in [5.41, 5.74) is 0.105. The van der Waals surface area contributed by atoms with Crippen molar-refractivity contribution in [3.8, 4) is 0 Å². The highest BCUT2D eigenvalue weighted by Gasteiger charge is 2.20. The molecule has 0 aliphatic rings. The molecular formula is C12H25N. The first-order valence-corrected chi connectivity index (χ1v) is 5.26. The second-order valence-electron chi connectivity index (χ2n) is 4.81. The van der Waals surface area contributed by atoms with E-state index in [2.05, 4.69) is 39.6 Å². The predicted octanol–water partition coefficient (Wildman–Crippen LogP) is 3.22. The molecule has 0 amide bonds. The maximum atomic E-state index is 3.87. The van der Waals surface area contributed by atoms with Gasteiger partial charge >= 0.3 is 0 Å². The second-order valence-corrected chi connectivity index (χ2v) is 4.81. The number of likely N-dealkylation sites (N-methyl/N-ethyl adjacent to an activating group) is 1. The van der Waals surface area contributed by atoms with Crippen LogP contribution < -0.4 is 5.32 Å². The molecule has 0 radical (unpaired) electrons. The zero-order chi connectivity index (χ0) is 10.5. The molecule has 0 aromatic carbocycles. The summed E-state index contributed by atoms with van der Waals surface area (Å²) in [5, 5.41) is 3.31. The number of hydrogen-bond acceptors (Lipinski definition) is 1. The molecule has 0 saturated carbocycles. The van der Waals surface area contributed by atoms with Crippen LogP contribution in [0.15, 0.2) is 12.7 Å². The fourth-order valence-electron chi connectivity index (χ4n) is 1.90. The lowest BCUT2D eigenvalue weighted by molar-refractivity contribution is 0.324. The van der Waals surface area contributed by atoms with Gasteiger partial charge in [-0.2, -0.15) is 0 Å². The highest BCUT2D eigenvalue weighted by molar-refractivity contribution is 4.99. The van der Waals surface area contributed by atoms with Crippen LogP contribution in [0.1, 0.15) is 40.5 Å². The van der Waals surface area contributed by atoms with E-state index in [1.54, 1.807) is 0 Å². The Labute approximate surface area is 83.6 Å². The minimum atomic E-state index is 0.105. The Morgan fingerprint density at radius 1 is 1.38 bits per heavy atom. The van der Waals surface area contributed by atoms with Crippen molar-refractivity contribution in [2.75, 3.05) is 7.05 Å². The van der Waals surface area contributed by atoms with Gasteiger partial charge in [0.15, 0.2) is 0 Å². The molecule has 13 heavy (non-hydrogen) atoms. The molecule has 0 saturated heterocycles. The van der Waals surface area contributed by atoms with E-state index in [0.29, 0.717) is 0 Å². The minimum Gasteiger partial charge on any atom is -0.311 e. The normalized spacial score (nSPS) is 18.3. The molecular weight excluding hydrogens is 158 g/mol. The van der Waals surface area contributed by atoms with Crippen LogP contribution >= 0.6 is 0 Å². The second kappa shape index (κ2) is 5.43. The maximum absolute atomic E-state index is 3.87. The topological polar surface area (TPSA) is 12.0 Å². The van der Waals surface area contributed by atoms with Gasteiger partial charge in [-0.3, -0.25) is 0 Å². The molecule has 78 valence electrons. The third-order valence-electron chi connectivity index (χ3n) is 2.67. The van der Waals surface area contributed by atoms with Crippen LogP contribution in [0.2, 0.25) is 0 Å². The van der Waals surface area contributed by atoms with Gasteiger partial charge in [-0.25, -0.2) is 0 Å². The number of hydrogen-bond donors (Lipinski definition) is 1. The number of rotatable bonds is 6. The van der Waals surface area contributed by atoms with Gasteiger partial charge in [-0.15, -0.1) is 6.58 Å². The van der Waals surface area contributed by atoms with Crippen LogP contribution in [0.4, 0.5) is 0 Å². The van der Waals surface area contributed by atoms with Crippen LogP contribution in [-0.4, -0.2) is 12.6 Å². The minimum absolute atomic E-state index is 0.105. The van der Waals surface area contributed by atoms with Crippen molar-refractivity contribution < 1.29 is 0 Å². The standard InChI is InChI=1S/C12H25N/c1-7-12(5,13-6)9-11(4)8-10(2)3/h7,10-11,13H,1,8-9H2,2-6H3. The molecule has 1 N–H and O–H groups in total. The van der Waals surface area contributed by atoms with Gasteiger partial charge in [0.25, 0.3) is 0 Å². The molecule has 0 rings (SSSR count). The Hall–Kier alpha value is -0.300. The fourth-order valence-corrected chi connectivity index (χ4v) is 1.90. The molecule has 1 nitrogen and oxygen atoms in total. The van der Waals surface area contributed by atoms with Crippen molar-refractivity contribution in [2.24, 2.45) is 11.8 Å². The molecule has 0 fully saturated rings.